The Morgan fingerprint density at radius 2 is 1.70 bits per heavy atom. The summed E-state index contributed by atoms with van der Waals surface area (Å²) in [5.41, 5.74) is 1.79. The summed E-state index contributed by atoms with van der Waals surface area (Å²) in [6.07, 6.45) is 4.95. The number of carbonyl (C=O) groups excluding carboxylic acids is 2. The molecule has 0 aliphatic carbocycles. The van der Waals surface area contributed by atoms with Gasteiger partial charge in [0.05, 0.1) is 0 Å². The first-order valence-electron chi connectivity index (χ1n) is 10.5. The van der Waals surface area contributed by atoms with E-state index in [1.54, 1.807) is 18.2 Å². The van der Waals surface area contributed by atoms with Gasteiger partial charge in [-0.05, 0) is 30.7 Å². The van der Waals surface area contributed by atoms with Gasteiger partial charge in [-0.2, -0.15) is 0 Å². The number of amides is 1. The van der Waals surface area contributed by atoms with Gasteiger partial charge in [0.2, 0.25) is 5.91 Å². The van der Waals surface area contributed by atoms with E-state index in [2.05, 4.69) is 12.2 Å². The fraction of sp³-hybridized carbons (Fsp3) is 0.375. The maximum Gasteiger partial charge on any atom is 0.326 e. The molecule has 6 nitrogen and oxygen atoms in total. The molecule has 0 saturated heterocycles. The lowest BCUT2D eigenvalue weighted by molar-refractivity contribution is -0.141. The Bertz CT molecular complexity index is 1050. The molecule has 0 saturated carbocycles. The van der Waals surface area contributed by atoms with E-state index in [-0.39, 0.29) is 24.5 Å². The monoisotopic (exact) mass is 409 g/mol. The summed E-state index contributed by atoms with van der Waals surface area (Å²) in [7, 11) is 0. The zero-order valence-corrected chi connectivity index (χ0v) is 17.1. The number of hydrogen-bond acceptors (Lipinski definition) is 4. The van der Waals surface area contributed by atoms with Crippen LogP contribution < -0.4 is 5.32 Å². The second-order valence-corrected chi connectivity index (χ2v) is 7.56. The smallest absolute Gasteiger partial charge is 0.326 e. The van der Waals surface area contributed by atoms with Crippen LogP contribution in [0.1, 0.15) is 62.2 Å². The number of Topliss-reactive ketones (excluding diaryl/α,β-unsaturated/α-hetero) is 1. The van der Waals surface area contributed by atoms with Gasteiger partial charge in [0.15, 0.2) is 5.78 Å². The quantitative estimate of drug-likeness (QED) is 0.340. The molecular weight excluding hydrogens is 382 g/mol. The second kappa shape index (κ2) is 10.1. The van der Waals surface area contributed by atoms with Crippen molar-refractivity contribution in [2.24, 2.45) is 0 Å². The molecule has 1 atom stereocenters. The van der Waals surface area contributed by atoms with Gasteiger partial charge >= 0.3 is 5.97 Å². The number of aliphatic carboxylic acids is 1. The third-order valence-corrected chi connectivity index (χ3v) is 5.23. The van der Waals surface area contributed by atoms with E-state index in [1.165, 1.54) is 0 Å². The summed E-state index contributed by atoms with van der Waals surface area (Å²) in [4.78, 5) is 36.4. The van der Waals surface area contributed by atoms with Crippen LogP contribution in [0.5, 0.6) is 0 Å². The fourth-order valence-corrected chi connectivity index (χ4v) is 3.56. The van der Waals surface area contributed by atoms with Crippen molar-refractivity contribution in [3.05, 3.63) is 48.0 Å². The first-order valence-corrected chi connectivity index (χ1v) is 10.5. The van der Waals surface area contributed by atoms with Gasteiger partial charge in [0.25, 0.3) is 0 Å². The number of carboxylic acids is 1. The lowest BCUT2D eigenvalue weighted by Gasteiger charge is -2.14. The number of fused-ring (bicyclic) bond motifs is 3. The average Bonchev–Trinajstić information content (AvgIpc) is 3.11. The van der Waals surface area contributed by atoms with Crippen molar-refractivity contribution in [3.63, 3.8) is 0 Å². The van der Waals surface area contributed by atoms with Crippen LogP contribution in [0.2, 0.25) is 0 Å². The van der Waals surface area contributed by atoms with E-state index in [1.807, 2.05) is 24.3 Å². The van der Waals surface area contributed by atoms with Crippen molar-refractivity contribution >= 4 is 39.6 Å². The summed E-state index contributed by atoms with van der Waals surface area (Å²) in [6.45, 7) is 2.12. The Morgan fingerprint density at radius 1 is 0.967 bits per heavy atom. The van der Waals surface area contributed by atoms with Crippen molar-refractivity contribution < 1.29 is 23.9 Å². The molecule has 0 fully saturated rings. The van der Waals surface area contributed by atoms with Crippen molar-refractivity contribution in [3.8, 4) is 0 Å². The molecule has 158 valence electrons. The second-order valence-electron chi connectivity index (χ2n) is 7.56. The van der Waals surface area contributed by atoms with Crippen LogP contribution in [0.15, 0.2) is 46.9 Å². The predicted molar refractivity (Wildman–Crippen MR) is 116 cm³/mol. The lowest BCUT2D eigenvalue weighted by Crippen LogP contribution is -2.42. The number of unbranched alkanes of at least 4 members (excludes halogenated alkanes) is 4. The first kappa shape index (κ1) is 21.6. The molecule has 2 N–H and O–H groups in total. The van der Waals surface area contributed by atoms with E-state index in [9.17, 15) is 19.5 Å². The van der Waals surface area contributed by atoms with Gasteiger partial charge in [-0.15, -0.1) is 0 Å². The van der Waals surface area contributed by atoms with E-state index in [4.69, 9.17) is 4.42 Å². The van der Waals surface area contributed by atoms with Gasteiger partial charge in [0, 0.05) is 29.2 Å². The van der Waals surface area contributed by atoms with Crippen molar-refractivity contribution in [2.75, 3.05) is 0 Å². The fourth-order valence-electron chi connectivity index (χ4n) is 3.56. The predicted octanol–water partition coefficient (Wildman–Crippen LogP) is 5.09. The number of nitrogens with one attached hydrogen (secondary N) is 1. The molecule has 3 aromatic rings. The van der Waals surface area contributed by atoms with Crippen LogP contribution in [0.4, 0.5) is 0 Å². The van der Waals surface area contributed by atoms with Gasteiger partial charge in [0.1, 0.15) is 17.2 Å². The standard InChI is InChI=1S/C24H27NO5/c1-2-3-4-5-6-11-23(27)25-19(24(28)29)15-20(26)16-12-13-22-18(14-16)17-9-7-8-10-21(17)30-22/h7-10,12-14,19H,2-6,11,15H2,1H3,(H,25,27)(H,28,29). The van der Waals surface area contributed by atoms with E-state index in [0.717, 1.165) is 48.5 Å². The number of para-hydroxylation sites is 1. The van der Waals surface area contributed by atoms with Crippen LogP contribution in [0.3, 0.4) is 0 Å². The summed E-state index contributed by atoms with van der Waals surface area (Å²) in [6, 6.07) is 11.4. The molecule has 0 bridgehead atoms. The van der Waals surface area contributed by atoms with Crippen LogP contribution >= 0.6 is 0 Å². The highest BCUT2D eigenvalue weighted by atomic mass is 16.4. The molecule has 0 radical (unpaired) electrons. The zero-order chi connectivity index (χ0) is 21.5. The summed E-state index contributed by atoms with van der Waals surface area (Å²) < 4.78 is 5.76. The number of carboxylic acid groups (broad SMARTS) is 1. The number of furan rings is 1. The Morgan fingerprint density at radius 3 is 2.47 bits per heavy atom. The van der Waals surface area contributed by atoms with Crippen LogP contribution in [0, 0.1) is 0 Å². The summed E-state index contributed by atoms with van der Waals surface area (Å²) in [5, 5.41) is 13.7. The highest BCUT2D eigenvalue weighted by Gasteiger charge is 2.24. The maximum absolute atomic E-state index is 12.7. The highest BCUT2D eigenvalue weighted by Crippen LogP contribution is 2.29. The molecule has 1 amide bonds. The minimum absolute atomic E-state index is 0.272. The molecule has 0 aliphatic rings. The molecule has 1 aromatic heterocycles. The first-order chi connectivity index (χ1) is 14.5. The van der Waals surface area contributed by atoms with Crippen molar-refractivity contribution in [1.29, 1.82) is 0 Å². The minimum Gasteiger partial charge on any atom is -0.480 e. The number of rotatable bonds is 11. The third-order valence-electron chi connectivity index (χ3n) is 5.23. The average molecular weight is 409 g/mol. The van der Waals surface area contributed by atoms with Crippen LogP contribution in [-0.4, -0.2) is 28.8 Å². The molecule has 2 aromatic carbocycles. The molecule has 1 heterocycles. The third kappa shape index (κ3) is 5.26. The highest BCUT2D eigenvalue weighted by molar-refractivity contribution is 6.09. The molecular formula is C24H27NO5. The van der Waals surface area contributed by atoms with Gasteiger partial charge in [-0.25, -0.2) is 4.79 Å². The van der Waals surface area contributed by atoms with Crippen molar-refractivity contribution in [1.82, 2.24) is 5.32 Å². The number of hydrogen-bond donors (Lipinski definition) is 2. The van der Waals surface area contributed by atoms with Gasteiger partial charge < -0.3 is 14.8 Å². The molecule has 1 unspecified atom stereocenters. The molecule has 3 rings (SSSR count). The summed E-state index contributed by atoms with van der Waals surface area (Å²) in [5.74, 6) is -1.88. The molecule has 0 spiro atoms. The Hall–Kier alpha value is -3.15. The summed E-state index contributed by atoms with van der Waals surface area (Å²) >= 11 is 0. The normalized spacial score (nSPS) is 12.2. The Kier molecular flexibility index (Phi) is 7.22. The molecule has 30 heavy (non-hydrogen) atoms. The van der Waals surface area contributed by atoms with Crippen LogP contribution in [0.25, 0.3) is 21.9 Å². The lowest BCUT2D eigenvalue weighted by atomic mass is 10.0. The number of carbonyl (C=O) groups is 3. The van der Waals surface area contributed by atoms with Gasteiger partial charge in [-0.3, -0.25) is 9.59 Å². The minimum atomic E-state index is -1.24. The largest absolute Gasteiger partial charge is 0.480 e. The SMILES string of the molecule is CCCCCCCC(=O)NC(CC(=O)c1ccc2oc3ccccc3c2c1)C(=O)O. The molecule has 6 heteroatoms. The van der Waals surface area contributed by atoms with E-state index in [0.29, 0.717) is 11.1 Å². The maximum atomic E-state index is 12.7. The van der Waals surface area contributed by atoms with Crippen molar-refractivity contribution in [2.45, 2.75) is 57.9 Å². The van der Waals surface area contributed by atoms with Crippen LogP contribution in [-0.2, 0) is 9.59 Å². The number of benzene rings is 2. The topological polar surface area (TPSA) is 96.6 Å². The molecule has 0 aliphatic heterocycles. The van der Waals surface area contributed by atoms with E-state index >= 15 is 0 Å². The van der Waals surface area contributed by atoms with E-state index < -0.39 is 12.0 Å². The number of ketones is 1. The van der Waals surface area contributed by atoms with Gasteiger partial charge in [-0.1, -0.05) is 50.8 Å². The Labute approximate surface area is 175 Å². The zero-order valence-electron chi connectivity index (χ0n) is 17.1. The Balaban J connectivity index is 1.65.